The van der Waals surface area contributed by atoms with Crippen LogP contribution in [0.25, 0.3) is 0 Å². The Morgan fingerprint density at radius 1 is 1.47 bits per heavy atom. The minimum atomic E-state index is 0.177. The second-order valence-corrected chi connectivity index (χ2v) is 5.69. The lowest BCUT2D eigenvalue weighted by Crippen LogP contribution is -2.40. The molecule has 1 N–H and O–H groups in total. The molecule has 19 heavy (non-hydrogen) atoms. The fourth-order valence-electron chi connectivity index (χ4n) is 1.91. The third kappa shape index (κ3) is 3.49. The SMILES string of the molecule is CCOc1cc(C(=S)N2CCOCC2)cc(I)c1O. The van der Waals surface area contributed by atoms with Crippen molar-refractivity contribution in [3.8, 4) is 11.5 Å². The quantitative estimate of drug-likeness (QED) is 0.631. The van der Waals surface area contributed by atoms with Crippen LogP contribution in [0.15, 0.2) is 12.1 Å². The lowest BCUT2D eigenvalue weighted by atomic mass is 10.2. The van der Waals surface area contributed by atoms with E-state index < -0.39 is 0 Å². The van der Waals surface area contributed by atoms with Crippen molar-refractivity contribution in [2.45, 2.75) is 6.92 Å². The smallest absolute Gasteiger partial charge is 0.171 e. The van der Waals surface area contributed by atoms with Crippen molar-refractivity contribution in [3.05, 3.63) is 21.3 Å². The average Bonchev–Trinajstić information content (AvgIpc) is 2.44. The van der Waals surface area contributed by atoms with E-state index in [4.69, 9.17) is 21.7 Å². The topological polar surface area (TPSA) is 41.9 Å². The molecule has 0 atom stereocenters. The standard InChI is InChI=1S/C13H16INO3S/c1-2-18-11-8-9(7-10(14)12(11)16)13(19)15-3-5-17-6-4-15/h7-8,16H,2-6H2,1H3. The van der Waals surface area contributed by atoms with Crippen LogP contribution in [0.5, 0.6) is 11.5 Å². The largest absolute Gasteiger partial charge is 0.504 e. The molecule has 0 aromatic heterocycles. The highest BCUT2D eigenvalue weighted by atomic mass is 127. The Morgan fingerprint density at radius 2 is 2.16 bits per heavy atom. The molecule has 0 bridgehead atoms. The lowest BCUT2D eigenvalue weighted by molar-refractivity contribution is 0.0693. The van der Waals surface area contributed by atoms with Gasteiger partial charge in [0.1, 0.15) is 4.99 Å². The molecule has 6 heteroatoms. The average molecular weight is 393 g/mol. The number of rotatable bonds is 3. The Labute approximate surface area is 131 Å². The summed E-state index contributed by atoms with van der Waals surface area (Å²) in [6.07, 6.45) is 0. The van der Waals surface area contributed by atoms with Gasteiger partial charge in [0.2, 0.25) is 0 Å². The first-order valence-electron chi connectivity index (χ1n) is 6.15. The first-order valence-corrected chi connectivity index (χ1v) is 7.64. The van der Waals surface area contributed by atoms with Gasteiger partial charge in [0.05, 0.1) is 23.4 Å². The van der Waals surface area contributed by atoms with Crippen LogP contribution in [0, 0.1) is 3.57 Å². The van der Waals surface area contributed by atoms with Gasteiger partial charge in [0.25, 0.3) is 0 Å². The van der Waals surface area contributed by atoms with Crippen LogP contribution >= 0.6 is 34.8 Å². The number of phenolic OH excluding ortho intramolecular Hbond substituents is 1. The van der Waals surface area contributed by atoms with Gasteiger partial charge in [-0.15, -0.1) is 0 Å². The highest BCUT2D eigenvalue weighted by Gasteiger charge is 2.18. The van der Waals surface area contributed by atoms with Gasteiger partial charge in [-0.05, 0) is 41.6 Å². The van der Waals surface area contributed by atoms with E-state index in [9.17, 15) is 5.11 Å². The van der Waals surface area contributed by atoms with Gasteiger partial charge >= 0.3 is 0 Å². The molecular weight excluding hydrogens is 377 g/mol. The number of benzene rings is 1. The zero-order chi connectivity index (χ0) is 13.8. The summed E-state index contributed by atoms with van der Waals surface area (Å²) < 4.78 is 11.5. The summed E-state index contributed by atoms with van der Waals surface area (Å²) in [4.78, 5) is 2.90. The van der Waals surface area contributed by atoms with Gasteiger partial charge in [-0.1, -0.05) is 12.2 Å². The summed E-state index contributed by atoms with van der Waals surface area (Å²) in [6, 6.07) is 3.69. The van der Waals surface area contributed by atoms with E-state index in [2.05, 4.69) is 27.5 Å². The highest BCUT2D eigenvalue weighted by molar-refractivity contribution is 14.1. The fraction of sp³-hybridized carbons (Fsp3) is 0.462. The van der Waals surface area contributed by atoms with Crippen molar-refractivity contribution in [2.75, 3.05) is 32.9 Å². The van der Waals surface area contributed by atoms with Crippen molar-refractivity contribution in [3.63, 3.8) is 0 Å². The van der Waals surface area contributed by atoms with Crippen LogP contribution in [0.3, 0.4) is 0 Å². The van der Waals surface area contributed by atoms with Gasteiger partial charge in [0, 0.05) is 18.7 Å². The molecule has 0 radical (unpaired) electrons. The van der Waals surface area contributed by atoms with E-state index in [0.717, 1.165) is 27.2 Å². The van der Waals surface area contributed by atoms with Gasteiger partial charge in [-0.2, -0.15) is 0 Å². The number of hydrogen-bond donors (Lipinski definition) is 1. The zero-order valence-electron chi connectivity index (χ0n) is 10.7. The molecular formula is C13H16INO3S. The Hall–Kier alpha value is -0.600. The van der Waals surface area contributed by atoms with Crippen LogP contribution in [0.2, 0.25) is 0 Å². The number of nitrogens with zero attached hydrogens (tertiary/aromatic N) is 1. The Balaban J connectivity index is 2.25. The molecule has 0 saturated carbocycles. The number of aromatic hydroxyl groups is 1. The van der Waals surface area contributed by atoms with E-state index >= 15 is 0 Å². The first kappa shape index (κ1) is 14.8. The number of halogens is 1. The minimum absolute atomic E-state index is 0.177. The predicted octanol–water partition coefficient (Wildman–Crippen LogP) is 2.40. The predicted molar refractivity (Wildman–Crippen MR) is 86.1 cm³/mol. The van der Waals surface area contributed by atoms with Crippen molar-refractivity contribution in [1.82, 2.24) is 4.90 Å². The Kier molecular flexibility index (Phi) is 5.23. The van der Waals surface area contributed by atoms with Crippen LogP contribution in [0.1, 0.15) is 12.5 Å². The Bertz CT molecular complexity index is 475. The third-order valence-corrected chi connectivity index (χ3v) is 4.19. The number of hydrogen-bond acceptors (Lipinski definition) is 4. The van der Waals surface area contributed by atoms with Gasteiger partial charge < -0.3 is 19.5 Å². The Morgan fingerprint density at radius 3 is 2.79 bits per heavy atom. The van der Waals surface area contributed by atoms with Crippen molar-refractivity contribution in [1.29, 1.82) is 0 Å². The van der Waals surface area contributed by atoms with Gasteiger partial charge in [0.15, 0.2) is 11.5 Å². The molecule has 0 unspecified atom stereocenters. The summed E-state index contributed by atoms with van der Waals surface area (Å²) in [6.45, 7) is 5.42. The number of thiocarbonyl (C=S) groups is 1. The molecule has 1 aromatic rings. The van der Waals surface area contributed by atoms with E-state index in [0.29, 0.717) is 25.6 Å². The summed E-state index contributed by atoms with van der Waals surface area (Å²) in [5.41, 5.74) is 0.905. The minimum Gasteiger partial charge on any atom is -0.504 e. The third-order valence-electron chi connectivity index (χ3n) is 2.87. The molecule has 4 nitrogen and oxygen atoms in total. The van der Waals surface area contributed by atoms with Crippen molar-refractivity contribution >= 4 is 39.8 Å². The molecule has 0 aliphatic carbocycles. The molecule has 1 aromatic carbocycles. The summed E-state index contributed by atoms with van der Waals surface area (Å²) in [7, 11) is 0. The maximum absolute atomic E-state index is 9.94. The fourth-order valence-corrected chi connectivity index (χ4v) is 2.81. The van der Waals surface area contributed by atoms with Crippen LogP contribution in [0.4, 0.5) is 0 Å². The zero-order valence-corrected chi connectivity index (χ0v) is 13.7. The molecule has 1 fully saturated rings. The van der Waals surface area contributed by atoms with E-state index in [1.807, 2.05) is 13.0 Å². The van der Waals surface area contributed by atoms with Gasteiger partial charge in [-0.25, -0.2) is 0 Å². The van der Waals surface area contributed by atoms with Crippen LogP contribution < -0.4 is 4.74 Å². The highest BCUT2D eigenvalue weighted by Crippen LogP contribution is 2.33. The molecule has 0 spiro atoms. The summed E-state index contributed by atoms with van der Waals surface area (Å²) >= 11 is 7.60. The molecule has 1 heterocycles. The van der Waals surface area contributed by atoms with Crippen LogP contribution in [-0.2, 0) is 4.74 Å². The first-order chi connectivity index (χ1) is 9.13. The van der Waals surface area contributed by atoms with Crippen LogP contribution in [-0.4, -0.2) is 47.9 Å². The number of ether oxygens (including phenoxy) is 2. The molecule has 0 amide bonds. The molecule has 1 saturated heterocycles. The maximum Gasteiger partial charge on any atom is 0.171 e. The van der Waals surface area contributed by atoms with E-state index in [1.54, 1.807) is 6.07 Å². The molecule has 1 aliphatic heterocycles. The van der Waals surface area contributed by atoms with Crippen molar-refractivity contribution < 1.29 is 14.6 Å². The second kappa shape index (κ2) is 6.71. The lowest BCUT2D eigenvalue weighted by Gasteiger charge is -2.29. The summed E-state index contributed by atoms with van der Waals surface area (Å²) in [5.74, 6) is 0.663. The monoisotopic (exact) mass is 393 g/mol. The maximum atomic E-state index is 9.94. The van der Waals surface area contributed by atoms with E-state index in [1.165, 1.54) is 0 Å². The molecule has 2 rings (SSSR count). The summed E-state index contributed by atoms with van der Waals surface area (Å²) in [5, 5.41) is 9.94. The number of phenols is 1. The molecule has 104 valence electrons. The van der Waals surface area contributed by atoms with Crippen molar-refractivity contribution in [2.24, 2.45) is 0 Å². The number of morpholine rings is 1. The molecule has 1 aliphatic rings. The second-order valence-electron chi connectivity index (χ2n) is 4.14. The van der Waals surface area contributed by atoms with E-state index in [-0.39, 0.29) is 5.75 Å². The van der Waals surface area contributed by atoms with Gasteiger partial charge in [-0.3, -0.25) is 0 Å². The normalized spacial score (nSPS) is 15.4.